The van der Waals surface area contributed by atoms with E-state index in [0.29, 0.717) is 6.61 Å². The Morgan fingerprint density at radius 1 is 1.50 bits per heavy atom. The quantitative estimate of drug-likeness (QED) is 0.852. The van der Waals surface area contributed by atoms with Gasteiger partial charge in [-0.1, -0.05) is 6.07 Å². The van der Waals surface area contributed by atoms with Crippen molar-refractivity contribution in [3.8, 4) is 5.75 Å². The van der Waals surface area contributed by atoms with Gasteiger partial charge >= 0.3 is 0 Å². The Hall–Kier alpha value is -1.06. The fourth-order valence-electron chi connectivity index (χ4n) is 1.85. The van der Waals surface area contributed by atoms with Gasteiger partial charge in [0, 0.05) is 6.42 Å². The maximum atomic E-state index is 9.46. The van der Waals surface area contributed by atoms with Crippen molar-refractivity contribution in [2.45, 2.75) is 32.5 Å². The zero-order valence-electron chi connectivity index (χ0n) is 9.77. The molecule has 0 aliphatic carbocycles. The molecule has 1 unspecified atom stereocenters. The molecule has 1 aliphatic heterocycles. The normalized spacial score (nSPS) is 22.1. The van der Waals surface area contributed by atoms with Crippen LogP contribution in [-0.4, -0.2) is 24.4 Å². The molecule has 0 spiro atoms. The molecular formula is C13H18O3. The predicted octanol–water partition coefficient (Wildman–Crippen LogP) is 2.22. The van der Waals surface area contributed by atoms with Gasteiger partial charge in [0.1, 0.15) is 11.9 Å². The minimum Gasteiger partial charge on any atom is -0.488 e. The van der Waals surface area contributed by atoms with Crippen LogP contribution in [0, 0.1) is 6.92 Å². The molecule has 1 saturated heterocycles. The van der Waals surface area contributed by atoms with Gasteiger partial charge in [0.05, 0.1) is 19.3 Å². The molecule has 3 nitrogen and oxygen atoms in total. The summed E-state index contributed by atoms with van der Waals surface area (Å²) < 4.78 is 11.1. The maximum Gasteiger partial charge on any atom is 0.124 e. The summed E-state index contributed by atoms with van der Waals surface area (Å²) in [6.45, 7) is 5.23. The van der Waals surface area contributed by atoms with E-state index in [1.807, 2.05) is 25.1 Å². The van der Waals surface area contributed by atoms with Crippen LogP contribution in [0.15, 0.2) is 18.2 Å². The lowest BCUT2D eigenvalue weighted by Gasteiger charge is -2.15. The Morgan fingerprint density at radius 3 is 2.88 bits per heavy atom. The highest BCUT2D eigenvalue weighted by atomic mass is 16.5. The van der Waals surface area contributed by atoms with Gasteiger partial charge in [0.25, 0.3) is 0 Å². The van der Waals surface area contributed by atoms with Crippen LogP contribution in [0.1, 0.15) is 30.6 Å². The number of aliphatic hydroxyl groups excluding tert-OH is 1. The first-order valence-electron chi connectivity index (χ1n) is 5.70. The summed E-state index contributed by atoms with van der Waals surface area (Å²) in [6.07, 6.45) is 0.705. The Morgan fingerprint density at radius 2 is 2.31 bits per heavy atom. The Bertz CT molecular complexity index is 354. The van der Waals surface area contributed by atoms with E-state index in [-0.39, 0.29) is 6.10 Å². The molecule has 0 saturated carbocycles. The van der Waals surface area contributed by atoms with Crippen LogP contribution in [0.4, 0.5) is 0 Å². The fourth-order valence-corrected chi connectivity index (χ4v) is 1.85. The number of ether oxygens (including phenoxy) is 2. The first kappa shape index (κ1) is 11.4. The minimum atomic E-state index is -0.428. The van der Waals surface area contributed by atoms with E-state index in [1.165, 1.54) is 0 Å². The van der Waals surface area contributed by atoms with E-state index in [9.17, 15) is 5.11 Å². The highest BCUT2D eigenvalue weighted by molar-refractivity contribution is 5.37. The third kappa shape index (κ3) is 2.54. The lowest BCUT2D eigenvalue weighted by molar-refractivity contribution is 0.140. The van der Waals surface area contributed by atoms with Gasteiger partial charge in [0.2, 0.25) is 0 Å². The number of aliphatic hydroxyl groups is 1. The molecule has 0 amide bonds. The van der Waals surface area contributed by atoms with Crippen molar-refractivity contribution in [2.75, 3.05) is 13.2 Å². The third-order valence-corrected chi connectivity index (χ3v) is 2.86. The average molecular weight is 222 g/mol. The second-order valence-corrected chi connectivity index (χ2v) is 4.30. The molecule has 0 radical (unpaired) electrons. The number of aryl methyl sites for hydroxylation is 1. The maximum absolute atomic E-state index is 9.46. The van der Waals surface area contributed by atoms with Gasteiger partial charge in [-0.25, -0.2) is 0 Å². The molecule has 0 aromatic heterocycles. The zero-order chi connectivity index (χ0) is 11.5. The van der Waals surface area contributed by atoms with Crippen LogP contribution in [0.3, 0.4) is 0 Å². The number of benzene rings is 1. The molecule has 2 atom stereocenters. The van der Waals surface area contributed by atoms with Gasteiger partial charge in [0.15, 0.2) is 0 Å². The van der Waals surface area contributed by atoms with Crippen molar-refractivity contribution >= 4 is 0 Å². The second-order valence-electron chi connectivity index (χ2n) is 4.30. The summed E-state index contributed by atoms with van der Waals surface area (Å²) >= 11 is 0. The first-order chi connectivity index (χ1) is 7.66. The lowest BCUT2D eigenvalue weighted by Crippen LogP contribution is -2.16. The van der Waals surface area contributed by atoms with E-state index < -0.39 is 6.10 Å². The number of hydrogen-bond acceptors (Lipinski definition) is 3. The van der Waals surface area contributed by atoms with Crippen molar-refractivity contribution in [2.24, 2.45) is 0 Å². The Balaban J connectivity index is 2.09. The van der Waals surface area contributed by atoms with E-state index >= 15 is 0 Å². The van der Waals surface area contributed by atoms with Crippen molar-refractivity contribution in [1.82, 2.24) is 0 Å². The van der Waals surface area contributed by atoms with E-state index in [2.05, 4.69) is 0 Å². The van der Waals surface area contributed by atoms with Crippen LogP contribution in [-0.2, 0) is 4.74 Å². The molecule has 2 rings (SSSR count). The molecule has 3 heteroatoms. The molecule has 16 heavy (non-hydrogen) atoms. The van der Waals surface area contributed by atoms with Gasteiger partial charge < -0.3 is 14.6 Å². The third-order valence-electron chi connectivity index (χ3n) is 2.86. The molecular weight excluding hydrogens is 204 g/mol. The van der Waals surface area contributed by atoms with Crippen LogP contribution in [0.2, 0.25) is 0 Å². The SMILES string of the molecule is Cc1cc([C@@H](C)O)ccc1OC1CCOC1. The fraction of sp³-hybridized carbons (Fsp3) is 0.538. The van der Waals surface area contributed by atoms with Crippen molar-refractivity contribution in [3.63, 3.8) is 0 Å². The first-order valence-corrected chi connectivity index (χ1v) is 5.70. The van der Waals surface area contributed by atoms with Crippen LogP contribution >= 0.6 is 0 Å². The smallest absolute Gasteiger partial charge is 0.124 e. The highest BCUT2D eigenvalue weighted by Crippen LogP contribution is 2.24. The molecule has 88 valence electrons. The zero-order valence-corrected chi connectivity index (χ0v) is 9.77. The van der Waals surface area contributed by atoms with Crippen LogP contribution < -0.4 is 4.74 Å². The predicted molar refractivity (Wildman–Crippen MR) is 61.7 cm³/mol. The van der Waals surface area contributed by atoms with Gasteiger partial charge in [-0.15, -0.1) is 0 Å². The number of hydrogen-bond donors (Lipinski definition) is 1. The Labute approximate surface area is 96.0 Å². The van der Waals surface area contributed by atoms with Crippen LogP contribution in [0.5, 0.6) is 5.75 Å². The summed E-state index contributed by atoms with van der Waals surface area (Å²) in [7, 11) is 0. The summed E-state index contributed by atoms with van der Waals surface area (Å²) in [5.74, 6) is 0.889. The van der Waals surface area contributed by atoms with Gasteiger partial charge in [-0.05, 0) is 37.1 Å². The molecule has 1 aromatic carbocycles. The van der Waals surface area contributed by atoms with Crippen molar-refractivity contribution in [3.05, 3.63) is 29.3 Å². The van der Waals surface area contributed by atoms with E-state index in [1.54, 1.807) is 6.92 Å². The molecule has 1 N–H and O–H groups in total. The van der Waals surface area contributed by atoms with Crippen molar-refractivity contribution < 1.29 is 14.6 Å². The minimum absolute atomic E-state index is 0.177. The standard InChI is InChI=1S/C13H18O3/c1-9-7-11(10(2)14)3-4-13(9)16-12-5-6-15-8-12/h3-4,7,10,12,14H,5-6,8H2,1-2H3/t10-,12?/m1/s1. The average Bonchev–Trinajstić information content (AvgIpc) is 2.73. The topological polar surface area (TPSA) is 38.7 Å². The second kappa shape index (κ2) is 4.85. The molecule has 0 bridgehead atoms. The summed E-state index contributed by atoms with van der Waals surface area (Å²) in [5.41, 5.74) is 1.98. The lowest BCUT2D eigenvalue weighted by atomic mass is 10.1. The van der Waals surface area contributed by atoms with Gasteiger partial charge in [-0.3, -0.25) is 0 Å². The summed E-state index contributed by atoms with van der Waals surface area (Å²) in [5, 5.41) is 9.46. The highest BCUT2D eigenvalue weighted by Gasteiger charge is 2.18. The Kier molecular flexibility index (Phi) is 3.46. The molecule has 1 aliphatic rings. The van der Waals surface area contributed by atoms with E-state index in [4.69, 9.17) is 9.47 Å². The molecule has 1 heterocycles. The molecule has 1 fully saturated rings. The summed E-state index contributed by atoms with van der Waals surface area (Å²) in [4.78, 5) is 0. The van der Waals surface area contributed by atoms with Crippen molar-refractivity contribution in [1.29, 1.82) is 0 Å². The molecule has 1 aromatic rings. The monoisotopic (exact) mass is 222 g/mol. The largest absolute Gasteiger partial charge is 0.488 e. The van der Waals surface area contributed by atoms with Crippen LogP contribution in [0.25, 0.3) is 0 Å². The van der Waals surface area contributed by atoms with Gasteiger partial charge in [-0.2, -0.15) is 0 Å². The number of rotatable bonds is 3. The van der Waals surface area contributed by atoms with E-state index in [0.717, 1.165) is 29.9 Å². The summed E-state index contributed by atoms with van der Waals surface area (Å²) in [6, 6.07) is 5.80.